The van der Waals surface area contributed by atoms with Crippen LogP contribution in [0.1, 0.15) is 19.3 Å². The first kappa shape index (κ1) is 20.7. The molecule has 0 N–H and O–H groups in total. The molecule has 1 aromatic heterocycles. The number of hydrogen-bond acceptors (Lipinski definition) is 6. The van der Waals surface area contributed by atoms with Crippen molar-refractivity contribution in [1.29, 1.82) is 0 Å². The van der Waals surface area contributed by atoms with E-state index in [2.05, 4.69) is 20.0 Å². The van der Waals surface area contributed by atoms with Crippen LogP contribution >= 0.6 is 23.2 Å². The van der Waals surface area contributed by atoms with Gasteiger partial charge in [-0.25, -0.2) is 8.42 Å². The Bertz CT molecular complexity index is 957. The summed E-state index contributed by atoms with van der Waals surface area (Å²) in [4.78, 5) is 4.36. The third kappa shape index (κ3) is 4.45. The summed E-state index contributed by atoms with van der Waals surface area (Å²) in [6, 6.07) is 8.45. The van der Waals surface area contributed by atoms with Gasteiger partial charge in [-0.15, -0.1) is 10.2 Å². The van der Waals surface area contributed by atoms with Gasteiger partial charge < -0.3 is 9.80 Å². The number of halogens is 2. The molecule has 2 aliphatic heterocycles. The maximum atomic E-state index is 13.0. The van der Waals surface area contributed by atoms with E-state index in [-0.39, 0.29) is 9.92 Å². The molecule has 0 spiro atoms. The molecule has 1 aromatic carbocycles. The third-order valence-corrected chi connectivity index (χ3v) is 8.01. The van der Waals surface area contributed by atoms with Crippen LogP contribution in [0, 0.1) is 0 Å². The number of benzene rings is 1. The van der Waals surface area contributed by atoms with Gasteiger partial charge in [-0.3, -0.25) is 0 Å². The molecular formula is C19H23Cl2N5O2S. The normalized spacial score (nSPS) is 18.8. The maximum absolute atomic E-state index is 13.0. The van der Waals surface area contributed by atoms with Crippen LogP contribution in [0.5, 0.6) is 0 Å². The van der Waals surface area contributed by atoms with E-state index in [1.807, 2.05) is 12.1 Å². The molecule has 156 valence electrons. The minimum Gasteiger partial charge on any atom is -0.355 e. The van der Waals surface area contributed by atoms with E-state index in [4.69, 9.17) is 23.2 Å². The second-order valence-electron chi connectivity index (χ2n) is 7.26. The summed E-state index contributed by atoms with van der Waals surface area (Å²) < 4.78 is 27.3. The zero-order chi connectivity index (χ0) is 20.4. The van der Waals surface area contributed by atoms with Gasteiger partial charge in [0.1, 0.15) is 4.90 Å². The lowest BCUT2D eigenvalue weighted by molar-refractivity contribution is 0.383. The van der Waals surface area contributed by atoms with E-state index in [0.29, 0.717) is 31.2 Å². The highest BCUT2D eigenvalue weighted by Gasteiger charge is 2.30. The highest BCUT2D eigenvalue weighted by Crippen LogP contribution is 2.29. The molecule has 0 saturated carbocycles. The van der Waals surface area contributed by atoms with Crippen molar-refractivity contribution in [3.8, 4) is 0 Å². The van der Waals surface area contributed by atoms with Crippen LogP contribution in [-0.4, -0.2) is 62.2 Å². The van der Waals surface area contributed by atoms with Gasteiger partial charge in [0.05, 0.1) is 5.02 Å². The SMILES string of the molecule is O=S(=O)(c1cc(Cl)ccc1Cl)N1CCN(c2ccc(N3CCCCC3)nn2)CC1. The standard InChI is InChI=1S/C19H23Cl2N5O2S/c20-15-4-5-16(21)17(14-15)29(27,28)26-12-10-25(11-13-26)19-7-6-18(22-23-19)24-8-2-1-3-9-24/h4-7,14H,1-3,8-13H2. The van der Waals surface area contributed by atoms with Crippen molar-refractivity contribution in [3.05, 3.63) is 40.4 Å². The molecule has 2 saturated heterocycles. The smallest absolute Gasteiger partial charge is 0.244 e. The molecule has 2 aliphatic rings. The Labute approximate surface area is 181 Å². The van der Waals surface area contributed by atoms with Gasteiger partial charge in [0.25, 0.3) is 0 Å². The van der Waals surface area contributed by atoms with Crippen LogP contribution in [0.4, 0.5) is 11.6 Å². The number of aromatic nitrogens is 2. The number of anilines is 2. The first-order chi connectivity index (χ1) is 13.9. The number of rotatable bonds is 4. The average molecular weight is 456 g/mol. The summed E-state index contributed by atoms with van der Waals surface area (Å²) in [5.74, 6) is 1.67. The van der Waals surface area contributed by atoms with Gasteiger partial charge in [-0.2, -0.15) is 4.31 Å². The number of piperidine rings is 1. The van der Waals surface area contributed by atoms with Gasteiger partial charge in [0.15, 0.2) is 11.6 Å². The molecule has 0 aliphatic carbocycles. The highest BCUT2D eigenvalue weighted by molar-refractivity contribution is 7.89. The summed E-state index contributed by atoms with van der Waals surface area (Å²) >= 11 is 12.1. The summed E-state index contributed by atoms with van der Waals surface area (Å²) in [7, 11) is -3.69. The molecule has 10 heteroatoms. The first-order valence-corrected chi connectivity index (χ1v) is 11.9. The molecule has 0 bridgehead atoms. The second kappa shape index (κ2) is 8.63. The number of piperazine rings is 1. The van der Waals surface area contributed by atoms with Gasteiger partial charge in [-0.1, -0.05) is 23.2 Å². The van der Waals surface area contributed by atoms with Crippen molar-refractivity contribution in [2.45, 2.75) is 24.2 Å². The van der Waals surface area contributed by atoms with E-state index < -0.39 is 10.0 Å². The monoisotopic (exact) mass is 455 g/mol. The van der Waals surface area contributed by atoms with Crippen molar-refractivity contribution in [2.75, 3.05) is 49.1 Å². The lowest BCUT2D eigenvalue weighted by atomic mass is 10.1. The molecule has 0 radical (unpaired) electrons. The Hall–Kier alpha value is -1.61. The van der Waals surface area contributed by atoms with Crippen LogP contribution in [0.15, 0.2) is 35.2 Å². The number of sulfonamides is 1. The molecule has 2 fully saturated rings. The molecule has 7 nitrogen and oxygen atoms in total. The molecule has 3 heterocycles. The van der Waals surface area contributed by atoms with Gasteiger partial charge in [0, 0.05) is 44.3 Å². The predicted octanol–water partition coefficient (Wildman–Crippen LogP) is 3.28. The molecule has 0 amide bonds. The third-order valence-electron chi connectivity index (χ3n) is 5.39. The molecular weight excluding hydrogens is 433 g/mol. The number of nitrogens with zero attached hydrogens (tertiary/aromatic N) is 5. The molecule has 2 aromatic rings. The average Bonchev–Trinajstić information content (AvgIpc) is 2.76. The van der Waals surface area contributed by atoms with Crippen LogP contribution in [-0.2, 0) is 10.0 Å². The fourth-order valence-electron chi connectivity index (χ4n) is 3.75. The fourth-order valence-corrected chi connectivity index (χ4v) is 5.91. The van der Waals surface area contributed by atoms with Crippen LogP contribution in [0.2, 0.25) is 10.0 Å². The highest BCUT2D eigenvalue weighted by atomic mass is 35.5. The Balaban J connectivity index is 1.42. The summed E-state index contributed by atoms with van der Waals surface area (Å²) in [5, 5.41) is 9.28. The van der Waals surface area contributed by atoms with Crippen LogP contribution in [0.3, 0.4) is 0 Å². The Morgan fingerprint density at radius 2 is 1.34 bits per heavy atom. The van der Waals surface area contributed by atoms with E-state index in [1.54, 1.807) is 6.07 Å². The van der Waals surface area contributed by atoms with Gasteiger partial charge >= 0.3 is 0 Å². The van der Waals surface area contributed by atoms with Crippen LogP contribution < -0.4 is 9.80 Å². The van der Waals surface area contributed by atoms with Crippen molar-refractivity contribution in [2.24, 2.45) is 0 Å². The van der Waals surface area contributed by atoms with E-state index in [9.17, 15) is 8.42 Å². The topological polar surface area (TPSA) is 69.6 Å². The summed E-state index contributed by atoms with van der Waals surface area (Å²) in [5.41, 5.74) is 0. The van der Waals surface area contributed by atoms with Crippen molar-refractivity contribution in [1.82, 2.24) is 14.5 Å². The second-order valence-corrected chi connectivity index (χ2v) is 10.0. The summed E-state index contributed by atoms with van der Waals surface area (Å²) in [6.07, 6.45) is 3.66. The lowest BCUT2D eigenvalue weighted by Crippen LogP contribution is -2.49. The largest absolute Gasteiger partial charge is 0.355 e. The quantitative estimate of drug-likeness (QED) is 0.704. The minimum atomic E-state index is -3.69. The molecule has 4 rings (SSSR count). The number of hydrogen-bond donors (Lipinski definition) is 0. The predicted molar refractivity (Wildman–Crippen MR) is 116 cm³/mol. The fraction of sp³-hybridized carbons (Fsp3) is 0.474. The molecule has 0 atom stereocenters. The lowest BCUT2D eigenvalue weighted by Gasteiger charge is -2.34. The Morgan fingerprint density at radius 3 is 1.93 bits per heavy atom. The minimum absolute atomic E-state index is 0.0470. The summed E-state index contributed by atoms with van der Waals surface area (Å²) in [6.45, 7) is 3.82. The van der Waals surface area contributed by atoms with Gasteiger partial charge in [-0.05, 0) is 49.6 Å². The van der Waals surface area contributed by atoms with Gasteiger partial charge in [0.2, 0.25) is 10.0 Å². The zero-order valence-corrected chi connectivity index (χ0v) is 18.3. The van der Waals surface area contributed by atoms with Crippen molar-refractivity contribution < 1.29 is 8.42 Å². The maximum Gasteiger partial charge on any atom is 0.244 e. The van der Waals surface area contributed by atoms with E-state index in [0.717, 1.165) is 24.7 Å². The van der Waals surface area contributed by atoms with E-state index >= 15 is 0 Å². The van der Waals surface area contributed by atoms with Crippen molar-refractivity contribution >= 4 is 44.9 Å². The van der Waals surface area contributed by atoms with E-state index in [1.165, 1.54) is 35.7 Å². The first-order valence-electron chi connectivity index (χ1n) is 9.74. The molecule has 29 heavy (non-hydrogen) atoms. The zero-order valence-electron chi connectivity index (χ0n) is 16.0. The van der Waals surface area contributed by atoms with Crippen molar-refractivity contribution in [3.63, 3.8) is 0 Å². The Morgan fingerprint density at radius 1 is 0.759 bits per heavy atom. The van der Waals surface area contributed by atoms with Crippen LogP contribution in [0.25, 0.3) is 0 Å². The Kier molecular flexibility index (Phi) is 6.15. The molecule has 0 unspecified atom stereocenters.